The van der Waals surface area contributed by atoms with Gasteiger partial charge in [-0.05, 0) is 34.6 Å². The monoisotopic (exact) mass is 352 g/mol. The van der Waals surface area contributed by atoms with E-state index in [1.165, 1.54) is 6.07 Å². The van der Waals surface area contributed by atoms with E-state index in [-0.39, 0.29) is 16.2 Å². The van der Waals surface area contributed by atoms with Crippen LogP contribution in [0.5, 0.6) is 0 Å². The largest absolute Gasteiger partial charge is 0.325 e. The zero-order chi connectivity index (χ0) is 17.1. The second kappa shape index (κ2) is 6.82. The van der Waals surface area contributed by atoms with E-state index in [0.717, 1.165) is 16.9 Å². The SMILES string of the molecule is CC(C)(C)c1ccc(NC(=O)CNS(=O)(=O)c2cccs2)cc1. The summed E-state index contributed by atoms with van der Waals surface area (Å²) < 4.78 is 26.3. The van der Waals surface area contributed by atoms with Crippen LogP contribution >= 0.6 is 11.3 Å². The molecule has 5 nitrogen and oxygen atoms in total. The molecule has 7 heteroatoms. The van der Waals surface area contributed by atoms with Crippen LogP contribution in [0.4, 0.5) is 5.69 Å². The van der Waals surface area contributed by atoms with Crippen LogP contribution in [0.3, 0.4) is 0 Å². The summed E-state index contributed by atoms with van der Waals surface area (Å²) in [5, 5.41) is 4.35. The van der Waals surface area contributed by atoms with Crippen molar-refractivity contribution in [2.75, 3.05) is 11.9 Å². The van der Waals surface area contributed by atoms with Gasteiger partial charge in [-0.2, -0.15) is 0 Å². The second-order valence-electron chi connectivity index (χ2n) is 6.13. The third-order valence-electron chi connectivity index (χ3n) is 3.22. The lowest BCUT2D eigenvalue weighted by Gasteiger charge is -2.19. The molecule has 2 aromatic rings. The van der Waals surface area contributed by atoms with Crippen LogP contribution in [0, 0.1) is 0 Å². The van der Waals surface area contributed by atoms with E-state index in [1.807, 2.05) is 24.3 Å². The van der Waals surface area contributed by atoms with Crippen molar-refractivity contribution in [1.29, 1.82) is 0 Å². The molecule has 0 spiro atoms. The number of nitrogens with one attached hydrogen (secondary N) is 2. The Bertz CT molecular complexity index is 759. The number of rotatable bonds is 5. The van der Waals surface area contributed by atoms with Gasteiger partial charge in [-0.15, -0.1) is 11.3 Å². The number of carbonyl (C=O) groups is 1. The molecule has 0 aliphatic rings. The molecular weight excluding hydrogens is 332 g/mol. The maximum Gasteiger partial charge on any atom is 0.250 e. The standard InChI is InChI=1S/C16H20N2O3S2/c1-16(2,3)12-6-8-13(9-7-12)18-14(19)11-17-23(20,21)15-5-4-10-22-15/h4-10,17H,11H2,1-3H3,(H,18,19). The van der Waals surface area contributed by atoms with Crippen LogP contribution in [-0.2, 0) is 20.2 Å². The molecule has 2 N–H and O–H groups in total. The molecule has 0 bridgehead atoms. The lowest BCUT2D eigenvalue weighted by Crippen LogP contribution is -2.32. The highest BCUT2D eigenvalue weighted by Gasteiger charge is 2.17. The molecule has 0 fully saturated rings. The summed E-state index contributed by atoms with van der Waals surface area (Å²) in [5.41, 5.74) is 1.84. The van der Waals surface area contributed by atoms with Crippen LogP contribution in [-0.4, -0.2) is 20.9 Å². The first-order chi connectivity index (χ1) is 10.7. The first-order valence-electron chi connectivity index (χ1n) is 7.12. The van der Waals surface area contributed by atoms with Crippen molar-refractivity contribution in [3.05, 3.63) is 47.3 Å². The molecule has 0 aliphatic heterocycles. The highest BCUT2D eigenvalue weighted by atomic mass is 32.2. The quantitative estimate of drug-likeness (QED) is 0.869. The van der Waals surface area contributed by atoms with Gasteiger partial charge >= 0.3 is 0 Å². The number of hydrogen-bond donors (Lipinski definition) is 2. The van der Waals surface area contributed by atoms with Gasteiger partial charge in [-0.25, -0.2) is 13.1 Å². The first kappa shape index (κ1) is 17.7. The number of hydrogen-bond acceptors (Lipinski definition) is 4. The molecule has 0 unspecified atom stereocenters. The van der Waals surface area contributed by atoms with Crippen molar-refractivity contribution in [2.24, 2.45) is 0 Å². The predicted molar refractivity (Wildman–Crippen MR) is 93.3 cm³/mol. The average molecular weight is 352 g/mol. The summed E-state index contributed by atoms with van der Waals surface area (Å²) >= 11 is 1.11. The van der Waals surface area contributed by atoms with E-state index in [0.29, 0.717) is 5.69 Å². The maximum atomic E-state index is 11.9. The number of thiophene rings is 1. The Morgan fingerprint density at radius 2 is 1.78 bits per heavy atom. The predicted octanol–water partition coefficient (Wildman–Crippen LogP) is 2.96. The summed E-state index contributed by atoms with van der Waals surface area (Å²) in [6, 6.07) is 10.7. The molecule has 1 aromatic carbocycles. The second-order valence-corrected chi connectivity index (χ2v) is 9.07. The Morgan fingerprint density at radius 1 is 1.13 bits per heavy atom. The Kier molecular flexibility index (Phi) is 5.23. The molecule has 0 atom stereocenters. The highest BCUT2D eigenvalue weighted by Crippen LogP contribution is 2.23. The van der Waals surface area contributed by atoms with Crippen molar-refractivity contribution in [3.8, 4) is 0 Å². The van der Waals surface area contributed by atoms with Crippen molar-refractivity contribution in [3.63, 3.8) is 0 Å². The molecule has 1 heterocycles. The number of anilines is 1. The maximum absolute atomic E-state index is 11.9. The first-order valence-corrected chi connectivity index (χ1v) is 9.48. The summed E-state index contributed by atoms with van der Waals surface area (Å²) in [6.07, 6.45) is 0. The van der Waals surface area contributed by atoms with E-state index >= 15 is 0 Å². The van der Waals surface area contributed by atoms with Crippen molar-refractivity contribution >= 4 is 33.0 Å². The summed E-state index contributed by atoms with van der Waals surface area (Å²) in [7, 11) is -3.62. The van der Waals surface area contributed by atoms with E-state index in [1.54, 1.807) is 11.4 Å². The van der Waals surface area contributed by atoms with Crippen LogP contribution in [0.15, 0.2) is 46.0 Å². The Balaban J connectivity index is 1.93. The van der Waals surface area contributed by atoms with Gasteiger partial charge in [-0.3, -0.25) is 4.79 Å². The zero-order valence-electron chi connectivity index (χ0n) is 13.3. The molecular formula is C16H20N2O3S2. The van der Waals surface area contributed by atoms with Crippen molar-refractivity contribution in [1.82, 2.24) is 4.72 Å². The topological polar surface area (TPSA) is 75.3 Å². The van der Waals surface area contributed by atoms with E-state index < -0.39 is 15.9 Å². The molecule has 124 valence electrons. The highest BCUT2D eigenvalue weighted by molar-refractivity contribution is 7.91. The third kappa shape index (κ3) is 4.89. The van der Waals surface area contributed by atoms with E-state index in [4.69, 9.17) is 0 Å². The van der Waals surface area contributed by atoms with Crippen LogP contribution < -0.4 is 10.0 Å². The molecule has 0 saturated carbocycles. The van der Waals surface area contributed by atoms with Gasteiger partial charge in [-0.1, -0.05) is 39.0 Å². The van der Waals surface area contributed by atoms with Crippen LogP contribution in [0.1, 0.15) is 26.3 Å². The van der Waals surface area contributed by atoms with Crippen molar-refractivity contribution < 1.29 is 13.2 Å². The fourth-order valence-electron chi connectivity index (χ4n) is 1.91. The minimum absolute atomic E-state index is 0.0406. The molecule has 0 radical (unpaired) electrons. The minimum Gasteiger partial charge on any atom is -0.325 e. The number of sulfonamides is 1. The lowest BCUT2D eigenvalue weighted by molar-refractivity contribution is -0.115. The molecule has 0 saturated heterocycles. The summed E-state index contributed by atoms with van der Waals surface area (Å²) in [6.45, 7) is 6.03. The van der Waals surface area contributed by atoms with Gasteiger partial charge in [0.25, 0.3) is 10.0 Å². The molecule has 1 aromatic heterocycles. The third-order valence-corrected chi connectivity index (χ3v) is 6.02. The Hall–Kier alpha value is -1.70. The van der Waals surface area contributed by atoms with E-state index in [9.17, 15) is 13.2 Å². The number of benzene rings is 1. The van der Waals surface area contributed by atoms with E-state index in [2.05, 4.69) is 30.8 Å². The minimum atomic E-state index is -3.62. The molecule has 23 heavy (non-hydrogen) atoms. The van der Waals surface area contributed by atoms with Gasteiger partial charge < -0.3 is 5.32 Å². The van der Waals surface area contributed by atoms with Crippen LogP contribution in [0.2, 0.25) is 0 Å². The van der Waals surface area contributed by atoms with Crippen molar-refractivity contribution in [2.45, 2.75) is 30.4 Å². The fourth-order valence-corrected chi connectivity index (χ4v) is 3.93. The summed E-state index contributed by atoms with van der Waals surface area (Å²) in [4.78, 5) is 11.9. The van der Waals surface area contributed by atoms with Gasteiger partial charge in [0.1, 0.15) is 4.21 Å². The van der Waals surface area contributed by atoms with Gasteiger partial charge in [0, 0.05) is 5.69 Å². The molecule has 1 amide bonds. The zero-order valence-corrected chi connectivity index (χ0v) is 14.9. The van der Waals surface area contributed by atoms with Gasteiger partial charge in [0.05, 0.1) is 6.54 Å². The number of amides is 1. The molecule has 2 rings (SSSR count). The normalized spacial score (nSPS) is 12.1. The average Bonchev–Trinajstić information content (AvgIpc) is 3.00. The van der Waals surface area contributed by atoms with Crippen LogP contribution in [0.25, 0.3) is 0 Å². The van der Waals surface area contributed by atoms with Gasteiger partial charge in [0.15, 0.2) is 0 Å². The Morgan fingerprint density at radius 3 is 2.30 bits per heavy atom. The molecule has 0 aliphatic carbocycles. The van der Waals surface area contributed by atoms with Gasteiger partial charge in [0.2, 0.25) is 5.91 Å². The lowest BCUT2D eigenvalue weighted by atomic mass is 9.87. The smallest absolute Gasteiger partial charge is 0.250 e. The Labute approximate surface area is 140 Å². The summed E-state index contributed by atoms with van der Waals surface area (Å²) in [5.74, 6) is -0.409. The fraction of sp³-hybridized carbons (Fsp3) is 0.312. The number of carbonyl (C=O) groups excluding carboxylic acids is 1.